The molecule has 2 aromatic rings. The number of ether oxygens (including phenoxy) is 1. The second-order valence-electron chi connectivity index (χ2n) is 10.5. The topological polar surface area (TPSA) is 22.4 Å². The number of hydrogen-bond donors (Lipinski definition) is 0. The average molecular weight is 389 g/mol. The molecule has 0 N–H and O–H groups in total. The fourth-order valence-electron chi connectivity index (χ4n) is 3.99. The van der Waals surface area contributed by atoms with Crippen molar-refractivity contribution in [3.05, 3.63) is 45.5 Å². The summed E-state index contributed by atoms with van der Waals surface area (Å²) in [6.07, 6.45) is 4.64. The maximum absolute atomic E-state index is 6.34. The third-order valence-electron chi connectivity index (χ3n) is 5.78. The second-order valence-corrected chi connectivity index (χ2v) is 11.7. The van der Waals surface area contributed by atoms with Crippen molar-refractivity contribution in [3.8, 4) is 0 Å². The summed E-state index contributed by atoms with van der Waals surface area (Å²) >= 11 is 1.94. The Hall–Kier alpha value is -1.06. The SMILES string of the molecule is CC(C)(C)c1ccc(CC(C)(C)c2ccc(CC(C)(C)C3CCCO3)o2)s1. The van der Waals surface area contributed by atoms with Gasteiger partial charge in [-0.1, -0.05) is 48.5 Å². The van der Waals surface area contributed by atoms with Gasteiger partial charge in [0.15, 0.2) is 0 Å². The highest BCUT2D eigenvalue weighted by atomic mass is 32.1. The van der Waals surface area contributed by atoms with Gasteiger partial charge < -0.3 is 9.15 Å². The van der Waals surface area contributed by atoms with Gasteiger partial charge in [0.25, 0.3) is 0 Å². The highest BCUT2D eigenvalue weighted by molar-refractivity contribution is 7.12. The number of thiophene rings is 1. The standard InChI is InChI=1S/C24H36O2S/c1-22(2,3)21-13-11-18(27-21)16-24(6,7)20-12-10-17(26-20)15-23(4,5)19-9-8-14-25-19/h10-13,19H,8-9,14-16H2,1-7H3. The molecule has 1 saturated heterocycles. The maximum atomic E-state index is 6.34. The Morgan fingerprint density at radius 1 is 0.963 bits per heavy atom. The van der Waals surface area contributed by atoms with Gasteiger partial charge in [-0.25, -0.2) is 0 Å². The lowest BCUT2D eigenvalue weighted by Crippen LogP contribution is -2.30. The van der Waals surface area contributed by atoms with Crippen LogP contribution in [0.5, 0.6) is 0 Å². The van der Waals surface area contributed by atoms with Crippen LogP contribution in [0.1, 0.15) is 82.6 Å². The van der Waals surface area contributed by atoms with Gasteiger partial charge >= 0.3 is 0 Å². The van der Waals surface area contributed by atoms with E-state index in [1.54, 1.807) is 0 Å². The molecular weight excluding hydrogens is 352 g/mol. The average Bonchev–Trinajstić information content (AvgIpc) is 3.27. The maximum Gasteiger partial charge on any atom is 0.110 e. The first-order valence-corrected chi connectivity index (χ1v) is 11.1. The molecule has 1 aliphatic rings. The van der Waals surface area contributed by atoms with E-state index < -0.39 is 0 Å². The van der Waals surface area contributed by atoms with E-state index in [1.165, 1.54) is 22.6 Å². The molecule has 3 heteroatoms. The summed E-state index contributed by atoms with van der Waals surface area (Å²) in [5.41, 5.74) is 0.330. The first-order chi connectivity index (χ1) is 12.5. The molecule has 0 amide bonds. The van der Waals surface area contributed by atoms with E-state index >= 15 is 0 Å². The predicted octanol–water partition coefficient (Wildman–Crippen LogP) is 6.91. The van der Waals surface area contributed by atoms with Gasteiger partial charge in [0, 0.05) is 28.2 Å². The zero-order valence-corrected chi connectivity index (χ0v) is 19.0. The van der Waals surface area contributed by atoms with Gasteiger partial charge in [-0.2, -0.15) is 0 Å². The number of rotatable bonds is 6. The fourth-order valence-corrected chi connectivity index (χ4v) is 5.29. The van der Waals surface area contributed by atoms with E-state index in [4.69, 9.17) is 9.15 Å². The molecule has 27 heavy (non-hydrogen) atoms. The van der Waals surface area contributed by atoms with Gasteiger partial charge in [-0.05, 0) is 54.4 Å². The molecule has 0 radical (unpaired) electrons. The van der Waals surface area contributed by atoms with Crippen molar-refractivity contribution >= 4 is 11.3 Å². The van der Waals surface area contributed by atoms with Crippen LogP contribution in [-0.2, 0) is 28.4 Å². The van der Waals surface area contributed by atoms with Gasteiger partial charge in [0.1, 0.15) is 11.5 Å². The highest BCUT2D eigenvalue weighted by Gasteiger charge is 2.35. The molecule has 0 saturated carbocycles. The van der Waals surface area contributed by atoms with Gasteiger partial charge in [-0.3, -0.25) is 0 Å². The Morgan fingerprint density at radius 3 is 2.30 bits per heavy atom. The van der Waals surface area contributed by atoms with E-state index in [0.29, 0.717) is 6.10 Å². The van der Waals surface area contributed by atoms with Crippen LogP contribution in [-0.4, -0.2) is 12.7 Å². The molecule has 150 valence electrons. The third-order valence-corrected chi connectivity index (χ3v) is 7.29. The Labute approximate surface area is 169 Å². The Morgan fingerprint density at radius 2 is 1.70 bits per heavy atom. The molecular formula is C24H36O2S. The second kappa shape index (κ2) is 7.40. The van der Waals surface area contributed by atoms with Crippen molar-refractivity contribution in [1.82, 2.24) is 0 Å². The minimum atomic E-state index is -0.00768. The molecule has 0 spiro atoms. The van der Waals surface area contributed by atoms with Crippen molar-refractivity contribution in [1.29, 1.82) is 0 Å². The van der Waals surface area contributed by atoms with E-state index in [2.05, 4.69) is 72.7 Å². The van der Waals surface area contributed by atoms with Crippen LogP contribution in [0.3, 0.4) is 0 Å². The van der Waals surface area contributed by atoms with Crippen molar-refractivity contribution in [3.63, 3.8) is 0 Å². The van der Waals surface area contributed by atoms with Crippen molar-refractivity contribution in [2.45, 2.75) is 91.1 Å². The molecule has 1 fully saturated rings. The molecule has 0 bridgehead atoms. The number of hydrogen-bond acceptors (Lipinski definition) is 3. The van der Waals surface area contributed by atoms with E-state index in [0.717, 1.165) is 31.0 Å². The first-order valence-electron chi connectivity index (χ1n) is 10.3. The molecule has 2 aromatic heterocycles. The third kappa shape index (κ3) is 4.86. The zero-order chi connectivity index (χ0) is 19.9. The molecule has 0 aromatic carbocycles. The summed E-state index contributed by atoms with van der Waals surface area (Å²) in [5.74, 6) is 2.17. The molecule has 1 atom stereocenters. The summed E-state index contributed by atoms with van der Waals surface area (Å²) < 4.78 is 12.3. The van der Waals surface area contributed by atoms with Crippen LogP contribution < -0.4 is 0 Å². The number of furan rings is 1. The molecule has 3 rings (SSSR count). The first kappa shape index (κ1) is 20.7. The molecule has 0 aliphatic carbocycles. The summed E-state index contributed by atoms with van der Waals surface area (Å²) in [7, 11) is 0. The van der Waals surface area contributed by atoms with Crippen LogP contribution in [0, 0.1) is 5.41 Å². The minimum absolute atomic E-state index is 0.00768. The fraction of sp³-hybridized carbons (Fsp3) is 0.667. The van der Waals surface area contributed by atoms with Crippen molar-refractivity contribution < 1.29 is 9.15 Å². The Kier molecular flexibility index (Phi) is 5.67. The largest absolute Gasteiger partial charge is 0.465 e. The monoisotopic (exact) mass is 388 g/mol. The van der Waals surface area contributed by atoms with E-state index in [-0.39, 0.29) is 16.2 Å². The lowest BCUT2D eigenvalue weighted by molar-refractivity contribution is 0.0164. The van der Waals surface area contributed by atoms with Crippen LogP contribution in [0.2, 0.25) is 0 Å². The normalized spacial score (nSPS) is 19.0. The predicted molar refractivity (Wildman–Crippen MR) is 115 cm³/mol. The smallest absolute Gasteiger partial charge is 0.110 e. The molecule has 1 aliphatic heterocycles. The lowest BCUT2D eigenvalue weighted by atomic mass is 9.81. The van der Waals surface area contributed by atoms with Crippen molar-refractivity contribution in [2.24, 2.45) is 5.41 Å². The van der Waals surface area contributed by atoms with Crippen LogP contribution in [0.25, 0.3) is 0 Å². The molecule has 1 unspecified atom stereocenters. The zero-order valence-electron chi connectivity index (χ0n) is 18.1. The summed E-state index contributed by atoms with van der Waals surface area (Å²) in [5, 5.41) is 0. The summed E-state index contributed by atoms with van der Waals surface area (Å²) in [4.78, 5) is 2.88. The van der Waals surface area contributed by atoms with E-state index in [1.807, 2.05) is 11.3 Å². The highest BCUT2D eigenvalue weighted by Crippen LogP contribution is 2.38. The quantitative estimate of drug-likeness (QED) is 0.536. The molecule has 2 nitrogen and oxygen atoms in total. The minimum Gasteiger partial charge on any atom is -0.465 e. The van der Waals surface area contributed by atoms with Gasteiger partial charge in [-0.15, -0.1) is 11.3 Å². The van der Waals surface area contributed by atoms with Gasteiger partial charge in [0.2, 0.25) is 0 Å². The lowest BCUT2D eigenvalue weighted by Gasteiger charge is -2.30. The van der Waals surface area contributed by atoms with Crippen molar-refractivity contribution in [2.75, 3.05) is 6.61 Å². The Bertz CT molecular complexity index is 751. The van der Waals surface area contributed by atoms with Gasteiger partial charge in [0.05, 0.1) is 6.10 Å². The molecule has 3 heterocycles. The van der Waals surface area contributed by atoms with Crippen LogP contribution in [0.15, 0.2) is 28.7 Å². The summed E-state index contributed by atoms with van der Waals surface area (Å²) in [6.45, 7) is 16.9. The summed E-state index contributed by atoms with van der Waals surface area (Å²) in [6, 6.07) is 8.92. The Balaban J connectivity index is 1.69. The van der Waals surface area contributed by atoms with E-state index in [9.17, 15) is 0 Å². The van der Waals surface area contributed by atoms with Crippen LogP contribution >= 0.6 is 11.3 Å². The van der Waals surface area contributed by atoms with Crippen LogP contribution in [0.4, 0.5) is 0 Å².